The first-order valence-corrected chi connectivity index (χ1v) is 8.83. The number of aromatic nitrogens is 3. The molecule has 0 aliphatic carbocycles. The van der Waals surface area contributed by atoms with Crippen LogP contribution in [0.2, 0.25) is 0 Å². The van der Waals surface area contributed by atoms with Gasteiger partial charge in [0.2, 0.25) is 11.7 Å². The number of carbonyl (C=O) groups is 1. The molecule has 0 saturated carbocycles. The number of nitrogens with two attached hydrogens (primary N) is 1. The molecule has 136 valence electrons. The van der Waals surface area contributed by atoms with Gasteiger partial charge in [-0.3, -0.25) is 4.79 Å². The third-order valence-electron chi connectivity index (χ3n) is 4.66. The molecule has 0 aliphatic heterocycles. The standard InChI is InChI=1S/C21H20N4O2/c1-13(2)14-7-9-15(10-8-14)21-23-19(27-24-21)12-25-11-17(20(22)26)16-5-3-4-6-18(16)25/h3-11,13H,12H2,1-2H3,(H2,22,26). The van der Waals surface area contributed by atoms with Crippen LogP contribution in [0.25, 0.3) is 22.3 Å². The molecular formula is C21H20N4O2. The second kappa shape index (κ2) is 6.72. The van der Waals surface area contributed by atoms with Crippen molar-refractivity contribution < 1.29 is 9.32 Å². The first-order chi connectivity index (χ1) is 13.0. The molecule has 0 atom stereocenters. The van der Waals surface area contributed by atoms with E-state index >= 15 is 0 Å². The quantitative estimate of drug-likeness (QED) is 0.583. The van der Waals surface area contributed by atoms with Crippen LogP contribution >= 0.6 is 0 Å². The summed E-state index contributed by atoms with van der Waals surface area (Å²) < 4.78 is 7.32. The number of para-hydroxylation sites is 1. The van der Waals surface area contributed by atoms with Gasteiger partial charge in [-0.2, -0.15) is 4.98 Å². The zero-order valence-electron chi connectivity index (χ0n) is 15.2. The number of amides is 1. The third-order valence-corrected chi connectivity index (χ3v) is 4.66. The molecule has 1 amide bonds. The van der Waals surface area contributed by atoms with E-state index in [1.807, 2.05) is 41.0 Å². The Balaban J connectivity index is 1.63. The van der Waals surface area contributed by atoms with Gasteiger partial charge in [0.05, 0.1) is 5.56 Å². The smallest absolute Gasteiger partial charge is 0.250 e. The first kappa shape index (κ1) is 17.0. The van der Waals surface area contributed by atoms with E-state index in [1.165, 1.54) is 5.56 Å². The van der Waals surface area contributed by atoms with Crippen molar-refractivity contribution in [2.45, 2.75) is 26.3 Å². The van der Waals surface area contributed by atoms with Gasteiger partial charge in [0.25, 0.3) is 5.91 Å². The summed E-state index contributed by atoms with van der Waals surface area (Å²) in [7, 11) is 0. The van der Waals surface area contributed by atoms with E-state index in [0.29, 0.717) is 29.7 Å². The molecule has 6 heteroatoms. The van der Waals surface area contributed by atoms with E-state index in [9.17, 15) is 4.79 Å². The van der Waals surface area contributed by atoms with E-state index in [1.54, 1.807) is 6.20 Å². The molecular weight excluding hydrogens is 340 g/mol. The predicted molar refractivity (Wildman–Crippen MR) is 103 cm³/mol. The SMILES string of the molecule is CC(C)c1ccc(-c2noc(Cn3cc(C(N)=O)c4ccccc43)n2)cc1. The largest absolute Gasteiger partial charge is 0.366 e. The molecule has 0 fully saturated rings. The lowest BCUT2D eigenvalue weighted by Crippen LogP contribution is -2.10. The van der Waals surface area contributed by atoms with Gasteiger partial charge in [-0.15, -0.1) is 0 Å². The molecule has 0 radical (unpaired) electrons. The molecule has 4 rings (SSSR count). The third kappa shape index (κ3) is 3.21. The highest BCUT2D eigenvalue weighted by Crippen LogP contribution is 2.23. The summed E-state index contributed by atoms with van der Waals surface area (Å²) >= 11 is 0. The molecule has 0 bridgehead atoms. The van der Waals surface area contributed by atoms with E-state index in [-0.39, 0.29) is 0 Å². The van der Waals surface area contributed by atoms with Crippen molar-refractivity contribution in [3.05, 3.63) is 71.7 Å². The molecule has 2 heterocycles. The van der Waals surface area contributed by atoms with Gasteiger partial charge >= 0.3 is 0 Å². The Kier molecular flexibility index (Phi) is 4.24. The molecule has 0 unspecified atom stereocenters. The summed E-state index contributed by atoms with van der Waals surface area (Å²) in [6.45, 7) is 4.68. The summed E-state index contributed by atoms with van der Waals surface area (Å²) in [6.07, 6.45) is 1.73. The maximum Gasteiger partial charge on any atom is 0.250 e. The zero-order valence-corrected chi connectivity index (χ0v) is 15.2. The molecule has 2 aromatic carbocycles. The van der Waals surface area contributed by atoms with Crippen LogP contribution in [0.15, 0.2) is 59.3 Å². The molecule has 0 saturated heterocycles. The minimum absolute atomic E-state index is 0.366. The minimum atomic E-state index is -0.457. The lowest BCUT2D eigenvalue weighted by molar-refractivity contribution is 0.100. The second-order valence-corrected chi connectivity index (χ2v) is 6.84. The lowest BCUT2D eigenvalue weighted by Gasteiger charge is -2.04. The van der Waals surface area contributed by atoms with Crippen LogP contribution in [0, 0.1) is 0 Å². The number of hydrogen-bond acceptors (Lipinski definition) is 4. The Morgan fingerprint density at radius 3 is 2.59 bits per heavy atom. The van der Waals surface area contributed by atoms with Crippen LogP contribution in [-0.2, 0) is 6.54 Å². The Morgan fingerprint density at radius 1 is 1.15 bits per heavy atom. The summed E-state index contributed by atoms with van der Waals surface area (Å²) in [4.78, 5) is 16.2. The molecule has 4 aromatic rings. The molecule has 6 nitrogen and oxygen atoms in total. The van der Waals surface area contributed by atoms with Crippen LogP contribution in [0.5, 0.6) is 0 Å². The number of carbonyl (C=O) groups excluding carboxylic acids is 1. The summed E-state index contributed by atoms with van der Waals surface area (Å²) in [6, 6.07) is 15.8. The second-order valence-electron chi connectivity index (χ2n) is 6.84. The molecule has 0 spiro atoms. The Morgan fingerprint density at radius 2 is 1.89 bits per heavy atom. The number of hydrogen-bond donors (Lipinski definition) is 1. The monoisotopic (exact) mass is 360 g/mol. The lowest BCUT2D eigenvalue weighted by atomic mass is 10.0. The van der Waals surface area contributed by atoms with Gasteiger partial charge < -0.3 is 14.8 Å². The van der Waals surface area contributed by atoms with Gasteiger partial charge in [0, 0.05) is 22.7 Å². The van der Waals surface area contributed by atoms with Crippen molar-refractivity contribution in [3.63, 3.8) is 0 Å². The number of primary amides is 1. The van der Waals surface area contributed by atoms with Crippen molar-refractivity contribution in [1.29, 1.82) is 0 Å². The van der Waals surface area contributed by atoms with Crippen molar-refractivity contribution in [1.82, 2.24) is 14.7 Å². The maximum absolute atomic E-state index is 11.7. The van der Waals surface area contributed by atoms with Crippen LogP contribution in [0.3, 0.4) is 0 Å². The number of fused-ring (bicyclic) bond motifs is 1. The van der Waals surface area contributed by atoms with Crippen molar-refractivity contribution in [2.75, 3.05) is 0 Å². The fourth-order valence-corrected chi connectivity index (χ4v) is 3.17. The highest BCUT2D eigenvalue weighted by Gasteiger charge is 2.15. The van der Waals surface area contributed by atoms with Gasteiger partial charge in [0.15, 0.2) is 0 Å². The number of nitrogens with zero attached hydrogens (tertiary/aromatic N) is 3. The van der Waals surface area contributed by atoms with Crippen LogP contribution in [0.4, 0.5) is 0 Å². The van der Waals surface area contributed by atoms with Crippen molar-refractivity contribution in [2.24, 2.45) is 5.73 Å². The van der Waals surface area contributed by atoms with Crippen molar-refractivity contribution >= 4 is 16.8 Å². The fraction of sp³-hybridized carbons (Fsp3) is 0.190. The van der Waals surface area contributed by atoms with E-state index in [2.05, 4.69) is 36.1 Å². The Hall–Kier alpha value is -3.41. The number of rotatable bonds is 5. The Bertz CT molecular complexity index is 1110. The van der Waals surface area contributed by atoms with E-state index < -0.39 is 5.91 Å². The summed E-state index contributed by atoms with van der Waals surface area (Å²) in [5, 5.41) is 4.90. The van der Waals surface area contributed by atoms with Crippen LogP contribution in [-0.4, -0.2) is 20.6 Å². The van der Waals surface area contributed by atoms with Gasteiger partial charge in [-0.05, 0) is 17.5 Å². The number of benzene rings is 2. The zero-order chi connectivity index (χ0) is 19.0. The molecule has 2 aromatic heterocycles. The maximum atomic E-state index is 11.7. The van der Waals surface area contributed by atoms with Crippen LogP contribution < -0.4 is 5.73 Å². The summed E-state index contributed by atoms with van der Waals surface area (Å²) in [5.74, 6) is 1.03. The fourth-order valence-electron chi connectivity index (χ4n) is 3.17. The van der Waals surface area contributed by atoms with Gasteiger partial charge in [-0.1, -0.05) is 61.5 Å². The topological polar surface area (TPSA) is 86.9 Å². The minimum Gasteiger partial charge on any atom is -0.366 e. The average Bonchev–Trinajstić information content (AvgIpc) is 3.28. The predicted octanol–water partition coefficient (Wildman–Crippen LogP) is 3.96. The van der Waals surface area contributed by atoms with Crippen molar-refractivity contribution in [3.8, 4) is 11.4 Å². The van der Waals surface area contributed by atoms with Gasteiger partial charge in [-0.25, -0.2) is 0 Å². The average molecular weight is 360 g/mol. The summed E-state index contributed by atoms with van der Waals surface area (Å²) in [5.41, 5.74) is 9.04. The first-order valence-electron chi connectivity index (χ1n) is 8.83. The normalized spacial score (nSPS) is 11.4. The molecule has 27 heavy (non-hydrogen) atoms. The molecule has 2 N–H and O–H groups in total. The van der Waals surface area contributed by atoms with E-state index in [0.717, 1.165) is 16.5 Å². The molecule has 0 aliphatic rings. The Labute approximate surface area is 156 Å². The van der Waals surface area contributed by atoms with Crippen LogP contribution in [0.1, 0.15) is 41.6 Å². The van der Waals surface area contributed by atoms with E-state index in [4.69, 9.17) is 10.3 Å². The van der Waals surface area contributed by atoms with Gasteiger partial charge in [0.1, 0.15) is 6.54 Å². The highest BCUT2D eigenvalue weighted by molar-refractivity contribution is 6.06. The highest BCUT2D eigenvalue weighted by atomic mass is 16.5.